The number of benzene rings is 1. The summed E-state index contributed by atoms with van der Waals surface area (Å²) in [5.41, 5.74) is 2.23. The van der Waals surface area contributed by atoms with Crippen molar-refractivity contribution in [1.82, 2.24) is 20.4 Å². The molecule has 0 aliphatic carbocycles. The van der Waals surface area contributed by atoms with Crippen LogP contribution in [0.4, 0.5) is 0 Å². The van der Waals surface area contributed by atoms with E-state index in [1.807, 2.05) is 29.1 Å². The van der Waals surface area contributed by atoms with E-state index in [4.69, 9.17) is 4.42 Å². The molecule has 1 aromatic carbocycles. The molecule has 142 valence electrons. The van der Waals surface area contributed by atoms with Gasteiger partial charge in [0, 0.05) is 31.9 Å². The molecular formula is C21H27N5O. The molecule has 0 saturated carbocycles. The lowest BCUT2D eigenvalue weighted by atomic mass is 10.1. The maximum atomic E-state index is 5.39. The summed E-state index contributed by atoms with van der Waals surface area (Å²) >= 11 is 0. The summed E-state index contributed by atoms with van der Waals surface area (Å²) < 4.78 is 7.25. The average Bonchev–Trinajstić information content (AvgIpc) is 3.40. The predicted molar refractivity (Wildman–Crippen MR) is 108 cm³/mol. The van der Waals surface area contributed by atoms with Crippen LogP contribution in [0.1, 0.15) is 37.6 Å². The van der Waals surface area contributed by atoms with Crippen molar-refractivity contribution in [2.24, 2.45) is 4.99 Å². The second kappa shape index (κ2) is 9.62. The molecule has 0 aliphatic heterocycles. The SMILES string of the molecule is CCCN=C(NCCc1ccco1)NC(C)c1cccc(-n2cccn2)c1. The van der Waals surface area contributed by atoms with Crippen LogP contribution in [0.5, 0.6) is 0 Å². The number of furan rings is 1. The molecule has 2 aromatic heterocycles. The van der Waals surface area contributed by atoms with Crippen molar-refractivity contribution in [1.29, 1.82) is 0 Å². The van der Waals surface area contributed by atoms with Gasteiger partial charge in [-0.3, -0.25) is 4.99 Å². The molecule has 27 heavy (non-hydrogen) atoms. The lowest BCUT2D eigenvalue weighted by molar-refractivity contribution is 0.506. The highest BCUT2D eigenvalue weighted by molar-refractivity contribution is 5.80. The van der Waals surface area contributed by atoms with E-state index in [-0.39, 0.29) is 6.04 Å². The van der Waals surface area contributed by atoms with Crippen LogP contribution < -0.4 is 10.6 Å². The summed E-state index contributed by atoms with van der Waals surface area (Å²) in [6, 6.07) is 14.3. The first-order valence-electron chi connectivity index (χ1n) is 9.43. The van der Waals surface area contributed by atoms with Gasteiger partial charge in [0.25, 0.3) is 0 Å². The van der Waals surface area contributed by atoms with Crippen molar-refractivity contribution < 1.29 is 4.42 Å². The van der Waals surface area contributed by atoms with Gasteiger partial charge in [-0.25, -0.2) is 4.68 Å². The van der Waals surface area contributed by atoms with Gasteiger partial charge in [-0.15, -0.1) is 0 Å². The lowest BCUT2D eigenvalue weighted by Crippen LogP contribution is -2.40. The number of hydrogen-bond donors (Lipinski definition) is 2. The van der Waals surface area contributed by atoms with E-state index in [1.54, 1.807) is 12.5 Å². The van der Waals surface area contributed by atoms with E-state index in [9.17, 15) is 0 Å². The predicted octanol–water partition coefficient (Wildman–Crippen LogP) is 3.71. The van der Waals surface area contributed by atoms with E-state index >= 15 is 0 Å². The molecular weight excluding hydrogens is 338 g/mol. The Labute approximate surface area is 160 Å². The Bertz CT molecular complexity index is 824. The van der Waals surface area contributed by atoms with Gasteiger partial charge >= 0.3 is 0 Å². The third-order valence-electron chi connectivity index (χ3n) is 4.23. The van der Waals surface area contributed by atoms with Crippen LogP contribution in [-0.4, -0.2) is 28.8 Å². The van der Waals surface area contributed by atoms with Crippen LogP contribution in [0.15, 0.2) is 70.5 Å². The molecule has 0 spiro atoms. The monoisotopic (exact) mass is 365 g/mol. The topological polar surface area (TPSA) is 67.4 Å². The molecule has 0 radical (unpaired) electrons. The van der Waals surface area contributed by atoms with Crippen molar-refractivity contribution >= 4 is 5.96 Å². The van der Waals surface area contributed by atoms with Crippen molar-refractivity contribution in [2.75, 3.05) is 13.1 Å². The van der Waals surface area contributed by atoms with E-state index in [0.29, 0.717) is 0 Å². The van der Waals surface area contributed by atoms with E-state index in [0.717, 1.165) is 43.3 Å². The second-order valence-corrected chi connectivity index (χ2v) is 6.40. The normalized spacial score (nSPS) is 12.7. The van der Waals surface area contributed by atoms with Gasteiger partial charge in [-0.05, 0) is 49.2 Å². The molecule has 0 fully saturated rings. The van der Waals surface area contributed by atoms with Crippen LogP contribution in [-0.2, 0) is 6.42 Å². The second-order valence-electron chi connectivity index (χ2n) is 6.40. The number of rotatable bonds is 8. The zero-order valence-corrected chi connectivity index (χ0v) is 15.9. The van der Waals surface area contributed by atoms with Gasteiger partial charge in [0.2, 0.25) is 0 Å². The third kappa shape index (κ3) is 5.48. The molecule has 2 N–H and O–H groups in total. The Morgan fingerprint density at radius 3 is 2.93 bits per heavy atom. The Morgan fingerprint density at radius 2 is 2.19 bits per heavy atom. The Kier molecular flexibility index (Phi) is 6.68. The highest BCUT2D eigenvalue weighted by atomic mass is 16.3. The summed E-state index contributed by atoms with van der Waals surface area (Å²) in [5, 5.41) is 11.2. The Hall–Kier alpha value is -3.02. The third-order valence-corrected chi connectivity index (χ3v) is 4.23. The number of aromatic nitrogens is 2. The molecule has 0 bridgehead atoms. The number of guanidine groups is 1. The number of nitrogens with one attached hydrogen (secondary N) is 2. The largest absolute Gasteiger partial charge is 0.469 e. The van der Waals surface area contributed by atoms with Gasteiger partial charge < -0.3 is 15.1 Å². The van der Waals surface area contributed by atoms with Crippen LogP contribution >= 0.6 is 0 Å². The maximum Gasteiger partial charge on any atom is 0.191 e. The minimum Gasteiger partial charge on any atom is -0.469 e. The molecule has 6 nitrogen and oxygen atoms in total. The number of nitrogens with zero attached hydrogens (tertiary/aromatic N) is 3. The summed E-state index contributed by atoms with van der Waals surface area (Å²) in [6.07, 6.45) is 7.26. The minimum absolute atomic E-state index is 0.118. The Morgan fingerprint density at radius 1 is 1.26 bits per heavy atom. The standard InChI is InChI=1S/C21H27N5O/c1-3-11-22-21(23-13-10-20-9-5-15-27-20)25-17(2)18-7-4-8-19(16-18)26-14-6-12-24-26/h4-9,12,14-17H,3,10-11,13H2,1-2H3,(H2,22,23,25). The Balaban J connectivity index is 1.63. The quantitative estimate of drug-likeness (QED) is 0.472. The molecule has 2 heterocycles. The van der Waals surface area contributed by atoms with Gasteiger partial charge in [-0.2, -0.15) is 5.10 Å². The minimum atomic E-state index is 0.118. The molecule has 0 amide bonds. The summed E-state index contributed by atoms with van der Waals surface area (Å²) in [5.74, 6) is 1.79. The summed E-state index contributed by atoms with van der Waals surface area (Å²) in [7, 11) is 0. The molecule has 3 rings (SSSR count). The van der Waals surface area contributed by atoms with E-state index in [1.165, 1.54) is 5.56 Å². The van der Waals surface area contributed by atoms with Gasteiger partial charge in [-0.1, -0.05) is 19.1 Å². The smallest absolute Gasteiger partial charge is 0.191 e. The fourth-order valence-corrected chi connectivity index (χ4v) is 2.78. The van der Waals surface area contributed by atoms with Crippen LogP contribution in [0, 0.1) is 0 Å². The van der Waals surface area contributed by atoms with E-state index < -0.39 is 0 Å². The maximum absolute atomic E-state index is 5.39. The van der Waals surface area contributed by atoms with Crippen molar-refractivity contribution in [3.8, 4) is 5.69 Å². The van der Waals surface area contributed by atoms with Crippen molar-refractivity contribution in [3.63, 3.8) is 0 Å². The first kappa shape index (κ1) is 18.8. The first-order valence-corrected chi connectivity index (χ1v) is 9.43. The molecule has 1 unspecified atom stereocenters. The highest BCUT2D eigenvalue weighted by Crippen LogP contribution is 2.16. The zero-order chi connectivity index (χ0) is 18.9. The molecule has 6 heteroatoms. The summed E-state index contributed by atoms with van der Waals surface area (Å²) in [6.45, 7) is 5.82. The van der Waals surface area contributed by atoms with Gasteiger partial charge in [0.1, 0.15) is 5.76 Å². The van der Waals surface area contributed by atoms with Gasteiger partial charge in [0.15, 0.2) is 5.96 Å². The number of hydrogen-bond acceptors (Lipinski definition) is 3. The lowest BCUT2D eigenvalue weighted by Gasteiger charge is -2.19. The molecule has 1 atom stereocenters. The molecule has 0 saturated heterocycles. The van der Waals surface area contributed by atoms with Crippen molar-refractivity contribution in [2.45, 2.75) is 32.7 Å². The highest BCUT2D eigenvalue weighted by Gasteiger charge is 2.09. The van der Waals surface area contributed by atoms with E-state index in [2.05, 4.69) is 58.8 Å². The van der Waals surface area contributed by atoms with Crippen molar-refractivity contribution in [3.05, 3.63) is 72.4 Å². The fraction of sp³-hybridized carbons (Fsp3) is 0.333. The zero-order valence-electron chi connectivity index (χ0n) is 15.9. The van der Waals surface area contributed by atoms with Crippen LogP contribution in [0.2, 0.25) is 0 Å². The average molecular weight is 365 g/mol. The fourth-order valence-electron chi connectivity index (χ4n) is 2.78. The summed E-state index contributed by atoms with van der Waals surface area (Å²) in [4.78, 5) is 4.65. The number of aliphatic imine (C=N–C) groups is 1. The van der Waals surface area contributed by atoms with Gasteiger partial charge in [0.05, 0.1) is 18.0 Å². The first-order chi connectivity index (χ1) is 13.3. The van der Waals surface area contributed by atoms with Crippen LogP contribution in [0.25, 0.3) is 5.69 Å². The molecule has 0 aliphatic rings. The van der Waals surface area contributed by atoms with Crippen LogP contribution in [0.3, 0.4) is 0 Å². The molecule has 3 aromatic rings.